The lowest BCUT2D eigenvalue weighted by Gasteiger charge is -2.10. The zero-order chi connectivity index (χ0) is 21.6. The van der Waals surface area contributed by atoms with Crippen molar-refractivity contribution in [3.8, 4) is 6.07 Å². The van der Waals surface area contributed by atoms with E-state index in [1.165, 1.54) is 11.8 Å². The van der Waals surface area contributed by atoms with Crippen LogP contribution in [-0.4, -0.2) is 15.9 Å². The van der Waals surface area contributed by atoms with Gasteiger partial charge in [0, 0.05) is 16.3 Å². The number of nitriles is 1. The van der Waals surface area contributed by atoms with Crippen molar-refractivity contribution >= 4 is 35.0 Å². The Morgan fingerprint density at radius 3 is 2.68 bits per heavy atom. The lowest BCUT2D eigenvalue weighted by atomic mass is 10.2. The molecule has 1 fully saturated rings. The zero-order valence-electron chi connectivity index (χ0n) is 16.4. The third-order valence-electron chi connectivity index (χ3n) is 4.44. The first-order valence-electron chi connectivity index (χ1n) is 9.66. The number of carbonyl (C=O) groups is 1. The molecule has 8 heteroatoms. The molecule has 154 valence electrons. The number of allylic oxidation sites excluding steroid dienone is 1. The van der Waals surface area contributed by atoms with Gasteiger partial charge in [-0.25, -0.2) is 14.4 Å². The van der Waals surface area contributed by atoms with Gasteiger partial charge in [-0.3, -0.25) is 4.79 Å². The number of benzene rings is 2. The molecule has 1 saturated carbocycles. The molecule has 4 rings (SSSR count). The summed E-state index contributed by atoms with van der Waals surface area (Å²) in [7, 11) is 0. The summed E-state index contributed by atoms with van der Waals surface area (Å²) in [5, 5.41) is 15.2. The Hall–Kier alpha value is -3.70. The quantitative estimate of drug-likeness (QED) is 0.299. The molecule has 0 aliphatic heterocycles. The summed E-state index contributed by atoms with van der Waals surface area (Å²) in [5.74, 6) is -0.389. The van der Waals surface area contributed by atoms with E-state index in [1.54, 1.807) is 30.3 Å². The van der Waals surface area contributed by atoms with Crippen LogP contribution in [0.25, 0.3) is 0 Å². The number of amides is 1. The van der Waals surface area contributed by atoms with Crippen LogP contribution >= 0.6 is 11.8 Å². The van der Waals surface area contributed by atoms with Gasteiger partial charge in [-0.05, 0) is 49.1 Å². The van der Waals surface area contributed by atoms with Crippen LogP contribution in [-0.2, 0) is 4.79 Å². The maximum absolute atomic E-state index is 14.2. The molecule has 0 radical (unpaired) electrons. The Morgan fingerprint density at radius 2 is 1.94 bits per heavy atom. The topological polar surface area (TPSA) is 90.7 Å². The fourth-order valence-corrected chi connectivity index (χ4v) is 3.55. The number of hydrogen-bond acceptors (Lipinski definition) is 6. The summed E-state index contributed by atoms with van der Waals surface area (Å²) in [5.41, 5.74) is 1.25. The van der Waals surface area contributed by atoms with Crippen molar-refractivity contribution in [1.82, 2.24) is 9.97 Å². The van der Waals surface area contributed by atoms with Gasteiger partial charge in [0.15, 0.2) is 5.82 Å². The number of aromatic nitrogens is 2. The van der Waals surface area contributed by atoms with Crippen LogP contribution in [0.1, 0.15) is 12.8 Å². The van der Waals surface area contributed by atoms with Crippen molar-refractivity contribution < 1.29 is 9.18 Å². The fraction of sp³-hybridized carbons (Fsp3) is 0.130. The first kappa shape index (κ1) is 20.6. The van der Waals surface area contributed by atoms with Crippen molar-refractivity contribution in [2.75, 3.05) is 10.6 Å². The van der Waals surface area contributed by atoms with Crippen molar-refractivity contribution in [3.05, 3.63) is 78.3 Å². The molecule has 31 heavy (non-hydrogen) atoms. The second-order valence-electron chi connectivity index (χ2n) is 6.95. The molecule has 0 saturated heterocycles. The molecule has 1 aliphatic carbocycles. The Bertz CT molecular complexity index is 1170. The van der Waals surface area contributed by atoms with Crippen LogP contribution in [0, 0.1) is 23.1 Å². The Balaban J connectivity index is 1.47. The molecule has 2 aromatic carbocycles. The zero-order valence-corrected chi connectivity index (χ0v) is 17.2. The first-order valence-corrected chi connectivity index (χ1v) is 10.5. The number of nitrogens with one attached hydrogen (secondary N) is 2. The molecule has 1 aromatic heterocycles. The van der Waals surface area contributed by atoms with Gasteiger partial charge in [0.05, 0.1) is 6.20 Å². The predicted octanol–water partition coefficient (Wildman–Crippen LogP) is 5.31. The van der Waals surface area contributed by atoms with Crippen molar-refractivity contribution in [2.45, 2.75) is 22.8 Å². The standard InChI is InChI=1S/C23H18FN5OS/c24-20-14-26-23(29-22(20)31-19-7-2-1-3-8-19)28-18-6-4-5-17(12-18)27-21(30)16(13-25)11-15-9-10-15/h1-8,11-12,14-15H,9-10H2,(H,27,30)(H,26,28,29). The highest BCUT2D eigenvalue weighted by Gasteiger charge is 2.21. The van der Waals surface area contributed by atoms with Gasteiger partial charge in [0.1, 0.15) is 16.7 Å². The summed E-state index contributed by atoms with van der Waals surface area (Å²) in [6.45, 7) is 0. The number of halogens is 1. The largest absolute Gasteiger partial charge is 0.324 e. The lowest BCUT2D eigenvalue weighted by molar-refractivity contribution is -0.112. The highest BCUT2D eigenvalue weighted by molar-refractivity contribution is 7.99. The second-order valence-corrected chi connectivity index (χ2v) is 8.01. The highest BCUT2D eigenvalue weighted by atomic mass is 32.2. The molecule has 1 amide bonds. The molecule has 0 bridgehead atoms. The smallest absolute Gasteiger partial charge is 0.265 e. The Morgan fingerprint density at radius 1 is 1.16 bits per heavy atom. The van der Waals surface area contributed by atoms with Gasteiger partial charge in [-0.2, -0.15) is 5.26 Å². The van der Waals surface area contributed by atoms with Crippen LogP contribution in [0.15, 0.2) is 82.4 Å². The van der Waals surface area contributed by atoms with E-state index in [2.05, 4.69) is 20.6 Å². The van der Waals surface area contributed by atoms with Crippen LogP contribution in [0.3, 0.4) is 0 Å². The van der Waals surface area contributed by atoms with Crippen LogP contribution in [0.5, 0.6) is 0 Å². The molecule has 2 N–H and O–H groups in total. The summed E-state index contributed by atoms with van der Waals surface area (Å²) in [6.07, 6.45) is 4.87. The molecule has 6 nitrogen and oxygen atoms in total. The van der Waals surface area contributed by atoms with Crippen molar-refractivity contribution in [2.24, 2.45) is 5.92 Å². The van der Waals surface area contributed by atoms with Gasteiger partial charge < -0.3 is 10.6 Å². The molecule has 3 aromatic rings. The maximum Gasteiger partial charge on any atom is 0.265 e. The minimum absolute atomic E-state index is 0.116. The summed E-state index contributed by atoms with van der Waals surface area (Å²) in [4.78, 5) is 21.5. The number of nitrogens with zero attached hydrogens (tertiary/aromatic N) is 3. The van der Waals surface area contributed by atoms with E-state index in [-0.39, 0.29) is 16.5 Å². The minimum Gasteiger partial charge on any atom is -0.324 e. The molecular weight excluding hydrogens is 413 g/mol. The summed E-state index contributed by atoms with van der Waals surface area (Å²) < 4.78 is 14.2. The molecular formula is C23H18FN5OS. The average molecular weight is 431 g/mol. The van der Waals surface area contributed by atoms with Crippen LogP contribution in [0.4, 0.5) is 21.7 Å². The average Bonchev–Trinajstić information content (AvgIpc) is 3.59. The Labute approximate surface area is 183 Å². The van der Waals surface area contributed by atoms with Gasteiger partial charge >= 0.3 is 0 Å². The molecule has 0 unspecified atom stereocenters. The number of rotatable bonds is 7. The van der Waals surface area contributed by atoms with E-state index in [0.717, 1.165) is 23.9 Å². The van der Waals surface area contributed by atoms with E-state index < -0.39 is 11.7 Å². The first-order chi connectivity index (χ1) is 15.1. The van der Waals surface area contributed by atoms with E-state index in [1.807, 2.05) is 36.4 Å². The molecule has 1 aliphatic rings. The third kappa shape index (κ3) is 5.68. The monoisotopic (exact) mass is 431 g/mol. The lowest BCUT2D eigenvalue weighted by Crippen LogP contribution is -2.13. The maximum atomic E-state index is 14.2. The SMILES string of the molecule is N#CC(=CC1CC1)C(=O)Nc1cccc(Nc2ncc(F)c(Sc3ccccc3)n2)c1. The van der Waals surface area contributed by atoms with E-state index in [9.17, 15) is 14.4 Å². The van der Waals surface area contributed by atoms with E-state index in [0.29, 0.717) is 17.3 Å². The normalized spacial score (nSPS) is 13.4. The van der Waals surface area contributed by atoms with Crippen molar-refractivity contribution in [1.29, 1.82) is 5.26 Å². The molecule has 0 spiro atoms. The number of anilines is 3. The van der Waals surface area contributed by atoms with Gasteiger partial charge in [-0.15, -0.1) is 0 Å². The number of carbonyl (C=O) groups excluding carboxylic acids is 1. The number of hydrogen-bond donors (Lipinski definition) is 2. The molecule has 0 atom stereocenters. The van der Waals surface area contributed by atoms with Crippen molar-refractivity contribution in [3.63, 3.8) is 0 Å². The van der Waals surface area contributed by atoms with Crippen LogP contribution < -0.4 is 10.6 Å². The predicted molar refractivity (Wildman–Crippen MR) is 117 cm³/mol. The van der Waals surface area contributed by atoms with Crippen LogP contribution in [0.2, 0.25) is 0 Å². The van der Waals surface area contributed by atoms with E-state index in [4.69, 9.17) is 0 Å². The Kier molecular flexibility index (Phi) is 6.24. The van der Waals surface area contributed by atoms with Gasteiger partial charge in [0.2, 0.25) is 5.95 Å². The summed E-state index contributed by atoms with van der Waals surface area (Å²) >= 11 is 1.21. The third-order valence-corrected chi connectivity index (χ3v) is 5.42. The molecule has 1 heterocycles. The highest BCUT2D eigenvalue weighted by Crippen LogP contribution is 2.31. The van der Waals surface area contributed by atoms with Gasteiger partial charge in [0.25, 0.3) is 5.91 Å². The van der Waals surface area contributed by atoms with Gasteiger partial charge in [-0.1, -0.05) is 42.1 Å². The fourth-order valence-electron chi connectivity index (χ4n) is 2.75. The second kappa shape index (κ2) is 9.41. The summed E-state index contributed by atoms with van der Waals surface area (Å²) in [6, 6.07) is 18.3. The minimum atomic E-state index is -0.508. The van der Waals surface area contributed by atoms with E-state index >= 15 is 0 Å².